The van der Waals surface area contributed by atoms with Crippen LogP contribution in [0.4, 0.5) is 11.8 Å². The molecule has 1 aromatic heterocycles. The van der Waals surface area contributed by atoms with Gasteiger partial charge in [-0.1, -0.05) is 0 Å². The van der Waals surface area contributed by atoms with E-state index in [1.54, 1.807) is 4.68 Å². The Morgan fingerprint density at radius 2 is 1.92 bits per heavy atom. The number of aromatic nitrogens is 2. The van der Waals surface area contributed by atoms with Crippen molar-refractivity contribution in [2.24, 2.45) is 0 Å². The minimum absolute atomic E-state index is 0.742. The van der Waals surface area contributed by atoms with Gasteiger partial charge in [-0.15, -0.1) is 0 Å². The van der Waals surface area contributed by atoms with Crippen molar-refractivity contribution in [2.75, 3.05) is 37.2 Å². The predicted octanol–water partition coefficient (Wildman–Crippen LogP) is 0.322. The van der Waals surface area contributed by atoms with Crippen LogP contribution in [0.2, 0.25) is 0 Å². The number of imidazole rings is 1. The first kappa shape index (κ1) is 8.70. The Labute approximate surface area is 72.1 Å². The van der Waals surface area contributed by atoms with Crippen LogP contribution in [0.5, 0.6) is 0 Å². The number of hydrogen-bond donors (Lipinski definition) is 3. The van der Waals surface area contributed by atoms with E-state index in [0.717, 1.165) is 17.5 Å². The minimum Gasteiger partial charge on any atom is -0.372 e. The molecule has 0 atom stereocenters. The van der Waals surface area contributed by atoms with Gasteiger partial charge in [-0.2, -0.15) is 4.98 Å². The molecule has 0 saturated carbocycles. The van der Waals surface area contributed by atoms with E-state index in [1.165, 1.54) is 0 Å². The van der Waals surface area contributed by atoms with Crippen LogP contribution in [-0.2, 0) is 0 Å². The molecule has 5 heteroatoms. The summed E-state index contributed by atoms with van der Waals surface area (Å²) in [7, 11) is 5.45. The lowest BCUT2D eigenvalue weighted by atomic mass is 10.5. The van der Waals surface area contributed by atoms with Crippen LogP contribution in [0.1, 0.15) is 5.69 Å². The maximum absolute atomic E-state index is 4.23. The molecule has 5 nitrogen and oxygen atoms in total. The van der Waals surface area contributed by atoms with Crippen LogP contribution >= 0.6 is 0 Å². The third-order valence-corrected chi connectivity index (χ3v) is 1.66. The monoisotopic (exact) mass is 168 g/mol. The highest BCUT2D eigenvalue weighted by molar-refractivity contribution is 5.50. The number of nitrogens with zero attached hydrogens (tertiary/aromatic N) is 2. The van der Waals surface area contributed by atoms with Crippen molar-refractivity contribution in [1.82, 2.24) is 9.66 Å². The summed E-state index contributed by atoms with van der Waals surface area (Å²) >= 11 is 0. The Morgan fingerprint density at radius 1 is 1.25 bits per heavy atom. The Hall–Kier alpha value is -1.39. The highest BCUT2D eigenvalue weighted by atomic mass is 15.5. The van der Waals surface area contributed by atoms with E-state index in [9.17, 15) is 0 Å². The molecular weight excluding hydrogens is 154 g/mol. The van der Waals surface area contributed by atoms with Crippen LogP contribution in [0, 0.1) is 6.92 Å². The lowest BCUT2D eigenvalue weighted by Crippen LogP contribution is -2.13. The smallest absolute Gasteiger partial charge is 0.223 e. The van der Waals surface area contributed by atoms with Crippen molar-refractivity contribution < 1.29 is 0 Å². The van der Waals surface area contributed by atoms with Gasteiger partial charge in [0, 0.05) is 21.1 Å². The Balaban J connectivity index is 3.13. The second kappa shape index (κ2) is 3.34. The lowest BCUT2D eigenvalue weighted by Gasteiger charge is -2.06. The summed E-state index contributed by atoms with van der Waals surface area (Å²) in [5, 5.41) is 5.90. The molecule has 0 amide bonds. The average Bonchev–Trinajstić information content (AvgIpc) is 2.41. The molecule has 12 heavy (non-hydrogen) atoms. The maximum atomic E-state index is 4.23. The molecule has 3 N–H and O–H groups in total. The van der Waals surface area contributed by atoms with Gasteiger partial charge >= 0.3 is 0 Å². The zero-order valence-corrected chi connectivity index (χ0v) is 7.60. The van der Waals surface area contributed by atoms with E-state index >= 15 is 0 Å². The van der Waals surface area contributed by atoms with Gasteiger partial charge in [-0.05, 0) is 6.92 Å². The van der Waals surface area contributed by atoms with Gasteiger partial charge in [0.05, 0.1) is 5.69 Å². The second-order valence-electron chi connectivity index (χ2n) is 2.29. The van der Waals surface area contributed by atoms with Crippen molar-refractivity contribution >= 4 is 11.8 Å². The SMILES string of the molecule is [CH2]c1c(NC)nc(NC)n1NC. The van der Waals surface area contributed by atoms with Crippen LogP contribution in [0.25, 0.3) is 0 Å². The van der Waals surface area contributed by atoms with E-state index in [1.807, 2.05) is 21.1 Å². The third-order valence-electron chi connectivity index (χ3n) is 1.66. The first-order valence-corrected chi connectivity index (χ1v) is 3.72. The molecular formula is C7H14N5. The van der Waals surface area contributed by atoms with Crippen molar-refractivity contribution in [3.05, 3.63) is 12.6 Å². The van der Waals surface area contributed by atoms with E-state index in [0.29, 0.717) is 0 Å². The summed E-state index contributed by atoms with van der Waals surface area (Å²) in [6.45, 7) is 3.87. The normalized spacial score (nSPS) is 9.67. The van der Waals surface area contributed by atoms with Gasteiger partial charge in [0.25, 0.3) is 0 Å². The number of hydrogen-bond acceptors (Lipinski definition) is 4. The van der Waals surface area contributed by atoms with Crippen molar-refractivity contribution in [3.63, 3.8) is 0 Å². The Morgan fingerprint density at radius 3 is 2.25 bits per heavy atom. The summed E-state index contributed by atoms with van der Waals surface area (Å²) in [6.07, 6.45) is 0. The van der Waals surface area contributed by atoms with Gasteiger partial charge < -0.3 is 16.1 Å². The van der Waals surface area contributed by atoms with Crippen molar-refractivity contribution in [3.8, 4) is 0 Å². The summed E-state index contributed by atoms with van der Waals surface area (Å²) in [6, 6.07) is 0. The maximum Gasteiger partial charge on any atom is 0.223 e. The largest absolute Gasteiger partial charge is 0.372 e. The van der Waals surface area contributed by atoms with E-state index in [-0.39, 0.29) is 0 Å². The standard InChI is InChI=1S/C7H14N5/c1-5-6(8-2)11-7(9-3)12(5)10-4/h8,10H,1H2,2-4H3,(H,9,11). The molecule has 0 aliphatic carbocycles. The van der Waals surface area contributed by atoms with E-state index < -0.39 is 0 Å². The van der Waals surface area contributed by atoms with Gasteiger partial charge in [-0.25, -0.2) is 4.68 Å². The molecule has 0 aromatic carbocycles. The Kier molecular flexibility index (Phi) is 2.42. The first-order chi connectivity index (χ1) is 5.74. The fourth-order valence-corrected chi connectivity index (χ4v) is 1.06. The molecule has 0 saturated heterocycles. The molecule has 0 unspecified atom stereocenters. The van der Waals surface area contributed by atoms with Gasteiger partial charge in [0.15, 0.2) is 5.82 Å². The van der Waals surface area contributed by atoms with Gasteiger partial charge in [0.1, 0.15) is 0 Å². The second-order valence-corrected chi connectivity index (χ2v) is 2.29. The molecule has 1 radical (unpaired) electrons. The minimum atomic E-state index is 0.742. The summed E-state index contributed by atoms with van der Waals surface area (Å²) < 4.78 is 1.77. The van der Waals surface area contributed by atoms with E-state index in [4.69, 9.17) is 0 Å². The van der Waals surface area contributed by atoms with Crippen molar-refractivity contribution in [2.45, 2.75) is 0 Å². The molecule has 1 rings (SSSR count). The first-order valence-electron chi connectivity index (χ1n) is 3.72. The molecule has 1 aromatic rings. The Bertz CT molecular complexity index is 265. The zero-order valence-electron chi connectivity index (χ0n) is 7.60. The van der Waals surface area contributed by atoms with Crippen LogP contribution in [0.3, 0.4) is 0 Å². The molecule has 0 aliphatic heterocycles. The van der Waals surface area contributed by atoms with Crippen LogP contribution in [-0.4, -0.2) is 30.8 Å². The molecule has 0 fully saturated rings. The topological polar surface area (TPSA) is 53.9 Å². The third kappa shape index (κ3) is 1.17. The number of anilines is 2. The molecule has 67 valence electrons. The fraction of sp³-hybridized carbons (Fsp3) is 0.429. The zero-order chi connectivity index (χ0) is 9.14. The number of rotatable bonds is 3. The molecule has 0 bridgehead atoms. The highest BCUT2D eigenvalue weighted by Gasteiger charge is 2.09. The molecule has 0 aliphatic rings. The van der Waals surface area contributed by atoms with E-state index in [2.05, 4.69) is 28.0 Å². The van der Waals surface area contributed by atoms with Gasteiger partial charge in [0.2, 0.25) is 5.95 Å². The van der Waals surface area contributed by atoms with Gasteiger partial charge in [-0.3, -0.25) is 0 Å². The quantitative estimate of drug-likeness (QED) is 0.608. The van der Waals surface area contributed by atoms with Crippen LogP contribution in [0.15, 0.2) is 0 Å². The summed E-state index contributed by atoms with van der Waals surface area (Å²) in [4.78, 5) is 4.23. The fourth-order valence-electron chi connectivity index (χ4n) is 1.06. The lowest BCUT2D eigenvalue weighted by molar-refractivity contribution is 0.910. The number of nitrogens with one attached hydrogen (secondary N) is 3. The summed E-state index contributed by atoms with van der Waals surface area (Å²) in [5.41, 5.74) is 3.77. The van der Waals surface area contributed by atoms with Crippen molar-refractivity contribution in [1.29, 1.82) is 0 Å². The average molecular weight is 168 g/mol. The molecule has 0 spiro atoms. The highest BCUT2D eigenvalue weighted by Crippen LogP contribution is 2.16. The van der Waals surface area contributed by atoms with Crippen LogP contribution < -0.4 is 16.1 Å². The molecule has 1 heterocycles. The predicted molar refractivity (Wildman–Crippen MR) is 51.1 cm³/mol. The summed E-state index contributed by atoms with van der Waals surface area (Å²) in [5.74, 6) is 1.51.